The quantitative estimate of drug-likeness (QED) is 0.723. The molecule has 1 heterocycles. The first-order valence-corrected chi connectivity index (χ1v) is 6.05. The SMILES string of the molecule is COc1cc(N)ccc1-c1nc2cc(Cl)ccc2o1. The lowest BCUT2D eigenvalue weighted by molar-refractivity contribution is 0.415. The number of nitrogen functional groups attached to an aromatic ring is 1. The van der Waals surface area contributed by atoms with Crippen LogP contribution in [0.4, 0.5) is 5.69 Å². The molecule has 0 saturated heterocycles. The van der Waals surface area contributed by atoms with Crippen molar-refractivity contribution in [2.75, 3.05) is 12.8 Å². The van der Waals surface area contributed by atoms with Crippen molar-refractivity contribution >= 4 is 28.4 Å². The monoisotopic (exact) mass is 274 g/mol. The highest BCUT2D eigenvalue weighted by Gasteiger charge is 2.13. The van der Waals surface area contributed by atoms with Crippen LogP contribution in [-0.2, 0) is 0 Å². The summed E-state index contributed by atoms with van der Waals surface area (Å²) in [7, 11) is 1.58. The standard InChI is InChI=1S/C14H11ClN2O2/c1-18-13-7-9(16)3-4-10(13)14-17-11-6-8(15)2-5-12(11)19-14/h2-7H,16H2,1H3. The van der Waals surface area contributed by atoms with E-state index in [0.29, 0.717) is 33.4 Å². The van der Waals surface area contributed by atoms with Gasteiger partial charge in [0.2, 0.25) is 5.89 Å². The molecule has 0 amide bonds. The number of aromatic nitrogens is 1. The summed E-state index contributed by atoms with van der Waals surface area (Å²) in [5.74, 6) is 1.10. The molecule has 0 aliphatic carbocycles. The van der Waals surface area contributed by atoms with E-state index < -0.39 is 0 Å². The van der Waals surface area contributed by atoms with Crippen molar-refractivity contribution in [1.82, 2.24) is 4.98 Å². The van der Waals surface area contributed by atoms with Gasteiger partial charge in [-0.15, -0.1) is 0 Å². The molecular formula is C14H11ClN2O2. The molecule has 0 fully saturated rings. The molecule has 2 N–H and O–H groups in total. The van der Waals surface area contributed by atoms with Gasteiger partial charge in [-0.2, -0.15) is 0 Å². The van der Waals surface area contributed by atoms with Gasteiger partial charge in [0, 0.05) is 16.8 Å². The fourth-order valence-corrected chi connectivity index (χ4v) is 2.07. The van der Waals surface area contributed by atoms with Crippen molar-refractivity contribution in [1.29, 1.82) is 0 Å². The molecule has 3 rings (SSSR count). The van der Waals surface area contributed by atoms with Crippen molar-refractivity contribution < 1.29 is 9.15 Å². The van der Waals surface area contributed by atoms with Gasteiger partial charge in [-0.25, -0.2) is 4.98 Å². The minimum Gasteiger partial charge on any atom is -0.496 e. The van der Waals surface area contributed by atoms with Crippen LogP contribution < -0.4 is 10.5 Å². The maximum Gasteiger partial charge on any atom is 0.231 e. The number of hydrogen-bond donors (Lipinski definition) is 1. The van der Waals surface area contributed by atoms with Crippen molar-refractivity contribution in [2.24, 2.45) is 0 Å². The van der Waals surface area contributed by atoms with Crippen molar-refractivity contribution in [3.05, 3.63) is 41.4 Å². The number of oxazole rings is 1. The predicted molar refractivity (Wildman–Crippen MR) is 75.4 cm³/mol. The first kappa shape index (κ1) is 11.9. The van der Waals surface area contributed by atoms with Gasteiger partial charge in [0.15, 0.2) is 5.58 Å². The number of rotatable bonds is 2. The van der Waals surface area contributed by atoms with Crippen LogP contribution in [0.2, 0.25) is 5.02 Å². The highest BCUT2D eigenvalue weighted by molar-refractivity contribution is 6.31. The van der Waals surface area contributed by atoms with Gasteiger partial charge in [-0.3, -0.25) is 0 Å². The molecule has 0 radical (unpaired) electrons. The van der Waals surface area contributed by atoms with Gasteiger partial charge in [0.25, 0.3) is 0 Å². The molecule has 5 heteroatoms. The van der Waals surface area contributed by atoms with E-state index in [0.717, 1.165) is 5.56 Å². The normalized spacial score (nSPS) is 10.8. The fourth-order valence-electron chi connectivity index (χ4n) is 1.90. The Morgan fingerprint density at radius 2 is 2.05 bits per heavy atom. The molecule has 3 aromatic rings. The van der Waals surface area contributed by atoms with Gasteiger partial charge in [-0.1, -0.05) is 11.6 Å². The maximum absolute atomic E-state index is 5.93. The minimum atomic E-state index is 0.481. The summed E-state index contributed by atoms with van der Waals surface area (Å²) in [6.45, 7) is 0. The van der Waals surface area contributed by atoms with Gasteiger partial charge in [0.1, 0.15) is 11.3 Å². The third-order valence-corrected chi connectivity index (χ3v) is 3.04. The Labute approximate surface area is 114 Å². The molecule has 4 nitrogen and oxygen atoms in total. The Hall–Kier alpha value is -2.20. The van der Waals surface area contributed by atoms with E-state index >= 15 is 0 Å². The topological polar surface area (TPSA) is 61.3 Å². The molecule has 0 atom stereocenters. The minimum absolute atomic E-state index is 0.481. The molecule has 96 valence electrons. The first-order valence-electron chi connectivity index (χ1n) is 5.67. The van der Waals surface area contributed by atoms with Crippen LogP contribution in [0.1, 0.15) is 0 Å². The molecule has 0 spiro atoms. The molecule has 0 aliphatic heterocycles. The molecular weight excluding hydrogens is 264 g/mol. The lowest BCUT2D eigenvalue weighted by atomic mass is 10.2. The number of nitrogens with zero attached hydrogens (tertiary/aromatic N) is 1. The van der Waals surface area contributed by atoms with E-state index in [4.69, 9.17) is 26.5 Å². The second kappa shape index (κ2) is 4.48. The number of anilines is 1. The lowest BCUT2D eigenvalue weighted by Gasteiger charge is -2.05. The zero-order chi connectivity index (χ0) is 13.4. The van der Waals surface area contributed by atoms with Crippen LogP contribution in [0.5, 0.6) is 5.75 Å². The Morgan fingerprint density at radius 3 is 2.84 bits per heavy atom. The van der Waals surface area contributed by atoms with Crippen LogP contribution in [0.25, 0.3) is 22.6 Å². The fraction of sp³-hybridized carbons (Fsp3) is 0.0714. The Balaban J connectivity index is 2.18. The number of methoxy groups -OCH3 is 1. The van der Waals surface area contributed by atoms with Crippen LogP contribution in [-0.4, -0.2) is 12.1 Å². The van der Waals surface area contributed by atoms with Gasteiger partial charge >= 0.3 is 0 Å². The van der Waals surface area contributed by atoms with Crippen LogP contribution in [0.3, 0.4) is 0 Å². The van der Waals surface area contributed by atoms with Crippen LogP contribution >= 0.6 is 11.6 Å². The van der Waals surface area contributed by atoms with Gasteiger partial charge < -0.3 is 14.9 Å². The summed E-state index contributed by atoms with van der Waals surface area (Å²) in [6, 6.07) is 10.6. The summed E-state index contributed by atoms with van der Waals surface area (Å²) < 4.78 is 11.0. The highest BCUT2D eigenvalue weighted by Crippen LogP contribution is 2.33. The molecule has 0 saturated carbocycles. The zero-order valence-electron chi connectivity index (χ0n) is 10.2. The third kappa shape index (κ3) is 2.11. The van der Waals surface area contributed by atoms with Gasteiger partial charge in [0.05, 0.1) is 12.7 Å². The zero-order valence-corrected chi connectivity index (χ0v) is 10.9. The Kier molecular flexibility index (Phi) is 2.80. The van der Waals surface area contributed by atoms with Crippen molar-refractivity contribution in [2.45, 2.75) is 0 Å². The van der Waals surface area contributed by atoms with E-state index in [9.17, 15) is 0 Å². The Bertz CT molecular complexity index is 752. The summed E-state index contributed by atoms with van der Waals surface area (Å²) >= 11 is 5.93. The van der Waals surface area contributed by atoms with Crippen molar-refractivity contribution in [3.63, 3.8) is 0 Å². The molecule has 0 unspecified atom stereocenters. The summed E-state index contributed by atoms with van der Waals surface area (Å²) in [4.78, 5) is 4.41. The highest BCUT2D eigenvalue weighted by atomic mass is 35.5. The summed E-state index contributed by atoms with van der Waals surface area (Å²) in [6.07, 6.45) is 0. The summed E-state index contributed by atoms with van der Waals surface area (Å²) in [5, 5.41) is 0.622. The summed E-state index contributed by atoms with van der Waals surface area (Å²) in [5.41, 5.74) is 8.49. The molecule has 0 bridgehead atoms. The number of hydrogen-bond acceptors (Lipinski definition) is 4. The van der Waals surface area contributed by atoms with E-state index in [-0.39, 0.29) is 0 Å². The smallest absolute Gasteiger partial charge is 0.231 e. The largest absolute Gasteiger partial charge is 0.496 e. The number of fused-ring (bicyclic) bond motifs is 1. The number of benzene rings is 2. The van der Waals surface area contributed by atoms with Crippen LogP contribution in [0.15, 0.2) is 40.8 Å². The van der Waals surface area contributed by atoms with Gasteiger partial charge in [-0.05, 0) is 30.3 Å². The average molecular weight is 275 g/mol. The average Bonchev–Trinajstić information content (AvgIpc) is 2.81. The Morgan fingerprint density at radius 1 is 1.21 bits per heavy atom. The van der Waals surface area contributed by atoms with Crippen LogP contribution in [0, 0.1) is 0 Å². The predicted octanol–water partition coefficient (Wildman–Crippen LogP) is 3.74. The molecule has 1 aromatic heterocycles. The molecule has 0 aliphatic rings. The first-order chi connectivity index (χ1) is 9.17. The lowest BCUT2D eigenvalue weighted by Crippen LogP contribution is -1.91. The molecule has 2 aromatic carbocycles. The number of halogens is 1. The van der Waals surface area contributed by atoms with E-state index in [1.165, 1.54) is 0 Å². The second-order valence-electron chi connectivity index (χ2n) is 4.09. The third-order valence-electron chi connectivity index (χ3n) is 2.81. The number of ether oxygens (including phenoxy) is 1. The second-order valence-corrected chi connectivity index (χ2v) is 4.53. The number of nitrogens with two attached hydrogens (primary N) is 1. The van der Waals surface area contributed by atoms with E-state index in [1.807, 2.05) is 6.07 Å². The maximum atomic E-state index is 5.93. The van der Waals surface area contributed by atoms with E-state index in [1.54, 1.807) is 37.4 Å². The van der Waals surface area contributed by atoms with E-state index in [2.05, 4.69) is 4.98 Å². The molecule has 19 heavy (non-hydrogen) atoms. The van der Waals surface area contributed by atoms with Crippen molar-refractivity contribution in [3.8, 4) is 17.2 Å².